The Morgan fingerprint density at radius 1 is 1.14 bits per heavy atom. The van der Waals surface area contributed by atoms with Crippen LogP contribution in [0.15, 0.2) is 58.9 Å². The average Bonchev–Trinajstić information content (AvgIpc) is 2.62. The normalized spacial score (nSPS) is 20.7. The highest BCUT2D eigenvalue weighted by Gasteiger charge is 2.35. The third-order valence-electron chi connectivity index (χ3n) is 4.59. The summed E-state index contributed by atoms with van der Waals surface area (Å²) in [5, 5.41) is 3.09. The standard InChI is InChI=1S/C20H22N4O3S/c1-20(2,3)12-24-11-14(17(25)13-7-6-10-21-19(13)24)18-22-15-8-4-5-9-16(15)28(26,27)23-18/h4-10,22-23H,11-12H2,1-3H3. The molecule has 28 heavy (non-hydrogen) atoms. The Balaban J connectivity index is 1.83. The van der Waals surface area contributed by atoms with Crippen LogP contribution in [0.2, 0.25) is 0 Å². The van der Waals surface area contributed by atoms with Gasteiger partial charge in [-0.2, -0.15) is 0 Å². The van der Waals surface area contributed by atoms with Gasteiger partial charge >= 0.3 is 0 Å². The zero-order chi connectivity index (χ0) is 20.1. The van der Waals surface area contributed by atoms with Crippen LogP contribution >= 0.6 is 0 Å². The number of fused-ring (bicyclic) bond motifs is 2. The molecule has 2 aromatic rings. The molecule has 0 atom stereocenters. The minimum absolute atomic E-state index is 0.0307. The van der Waals surface area contributed by atoms with Gasteiger partial charge in [-0.15, -0.1) is 0 Å². The summed E-state index contributed by atoms with van der Waals surface area (Å²) in [5.41, 5.74) is 1.27. The van der Waals surface area contributed by atoms with Gasteiger partial charge in [0.05, 0.1) is 23.4 Å². The molecule has 2 aliphatic rings. The monoisotopic (exact) mass is 398 g/mol. The molecule has 0 saturated carbocycles. The number of sulfonamides is 1. The van der Waals surface area contributed by atoms with Gasteiger partial charge in [0.2, 0.25) is 0 Å². The van der Waals surface area contributed by atoms with E-state index in [4.69, 9.17) is 0 Å². The molecule has 8 heteroatoms. The van der Waals surface area contributed by atoms with Gasteiger partial charge in [0.25, 0.3) is 10.0 Å². The number of benzene rings is 1. The second kappa shape index (κ2) is 6.34. The smallest absolute Gasteiger partial charge is 0.265 e. The van der Waals surface area contributed by atoms with Gasteiger partial charge in [-0.25, -0.2) is 13.4 Å². The Kier molecular flexibility index (Phi) is 4.19. The summed E-state index contributed by atoms with van der Waals surface area (Å²) in [4.78, 5) is 19.7. The van der Waals surface area contributed by atoms with Crippen LogP contribution in [0.25, 0.3) is 0 Å². The third-order valence-corrected chi connectivity index (χ3v) is 6.00. The molecule has 2 aliphatic heterocycles. The lowest BCUT2D eigenvalue weighted by Gasteiger charge is -2.36. The molecule has 4 rings (SSSR count). The Morgan fingerprint density at radius 2 is 1.89 bits per heavy atom. The molecule has 0 spiro atoms. The number of nitrogens with zero attached hydrogens (tertiary/aromatic N) is 2. The van der Waals surface area contributed by atoms with Crippen LogP contribution in [0.3, 0.4) is 0 Å². The minimum Gasteiger partial charge on any atom is -0.351 e. The lowest BCUT2D eigenvalue weighted by atomic mass is 9.92. The summed E-state index contributed by atoms with van der Waals surface area (Å²) in [6.07, 6.45) is 1.66. The van der Waals surface area contributed by atoms with E-state index in [1.54, 1.807) is 36.5 Å². The van der Waals surface area contributed by atoms with E-state index in [-0.39, 0.29) is 28.5 Å². The molecule has 7 nitrogen and oxygen atoms in total. The molecular weight excluding hydrogens is 376 g/mol. The summed E-state index contributed by atoms with van der Waals surface area (Å²) >= 11 is 0. The molecule has 3 heterocycles. The molecule has 146 valence electrons. The number of pyridine rings is 1. The van der Waals surface area contributed by atoms with Crippen molar-refractivity contribution in [2.24, 2.45) is 5.41 Å². The van der Waals surface area contributed by atoms with E-state index in [0.717, 1.165) is 0 Å². The number of ketones is 1. The number of anilines is 2. The summed E-state index contributed by atoms with van der Waals surface area (Å²) in [7, 11) is -3.75. The van der Waals surface area contributed by atoms with E-state index >= 15 is 0 Å². The minimum atomic E-state index is -3.75. The van der Waals surface area contributed by atoms with Crippen LogP contribution in [-0.2, 0) is 10.0 Å². The first-order valence-electron chi connectivity index (χ1n) is 9.02. The van der Waals surface area contributed by atoms with Crippen molar-refractivity contribution in [3.05, 3.63) is 59.6 Å². The van der Waals surface area contributed by atoms with E-state index in [1.165, 1.54) is 6.07 Å². The van der Waals surface area contributed by atoms with Crippen molar-refractivity contribution in [2.75, 3.05) is 23.3 Å². The summed E-state index contributed by atoms with van der Waals surface area (Å²) in [6, 6.07) is 10.1. The maximum Gasteiger partial charge on any atom is 0.265 e. The van der Waals surface area contributed by atoms with Crippen molar-refractivity contribution >= 4 is 27.3 Å². The Bertz CT molecular complexity index is 1100. The fourth-order valence-corrected chi connectivity index (χ4v) is 4.73. The van der Waals surface area contributed by atoms with Crippen LogP contribution in [0.4, 0.5) is 11.5 Å². The number of para-hydroxylation sites is 1. The molecule has 0 fully saturated rings. The number of hydrogen-bond acceptors (Lipinski definition) is 6. The second-order valence-corrected chi connectivity index (χ2v) is 9.85. The molecular formula is C20H22N4O3S. The molecule has 2 N–H and O–H groups in total. The molecule has 0 saturated heterocycles. The van der Waals surface area contributed by atoms with Crippen molar-refractivity contribution in [1.82, 2.24) is 9.71 Å². The number of carbonyl (C=O) groups is 1. The van der Waals surface area contributed by atoms with Gasteiger partial charge in [0.1, 0.15) is 16.5 Å². The maximum absolute atomic E-state index is 13.2. The molecule has 0 aliphatic carbocycles. The fourth-order valence-electron chi connectivity index (χ4n) is 3.51. The van der Waals surface area contributed by atoms with Crippen molar-refractivity contribution in [1.29, 1.82) is 0 Å². The third kappa shape index (κ3) is 3.24. The molecule has 1 aromatic heterocycles. The first-order valence-corrected chi connectivity index (χ1v) is 10.5. The van der Waals surface area contributed by atoms with E-state index in [1.807, 2.05) is 4.90 Å². The van der Waals surface area contributed by atoms with Gasteiger partial charge in [-0.3, -0.25) is 9.52 Å². The van der Waals surface area contributed by atoms with Crippen LogP contribution in [0.1, 0.15) is 31.1 Å². The highest BCUT2D eigenvalue weighted by atomic mass is 32.2. The molecule has 0 unspecified atom stereocenters. The number of rotatable bonds is 1. The number of Topliss-reactive ketones (excluding diaryl/α,β-unsaturated/α-hetero) is 1. The van der Waals surface area contributed by atoms with E-state index in [0.29, 0.717) is 29.2 Å². The lowest BCUT2D eigenvalue weighted by molar-refractivity contribution is 0.102. The number of hydrogen-bond donors (Lipinski definition) is 2. The lowest BCUT2D eigenvalue weighted by Crippen LogP contribution is -2.43. The van der Waals surface area contributed by atoms with Gasteiger partial charge in [0, 0.05) is 12.7 Å². The predicted molar refractivity (Wildman–Crippen MR) is 108 cm³/mol. The highest BCUT2D eigenvalue weighted by Crippen LogP contribution is 2.33. The van der Waals surface area contributed by atoms with Crippen LogP contribution in [0.5, 0.6) is 0 Å². The van der Waals surface area contributed by atoms with Gasteiger partial charge in [-0.1, -0.05) is 32.9 Å². The summed E-state index contributed by atoms with van der Waals surface area (Å²) < 4.78 is 27.9. The predicted octanol–water partition coefficient (Wildman–Crippen LogP) is 2.75. The van der Waals surface area contributed by atoms with Crippen LogP contribution < -0.4 is 14.9 Å². The zero-order valence-corrected chi connectivity index (χ0v) is 16.8. The topological polar surface area (TPSA) is 91.4 Å². The van der Waals surface area contributed by atoms with Gasteiger partial charge in [0.15, 0.2) is 5.78 Å². The van der Waals surface area contributed by atoms with Crippen molar-refractivity contribution < 1.29 is 13.2 Å². The first-order chi connectivity index (χ1) is 13.2. The summed E-state index contributed by atoms with van der Waals surface area (Å²) in [5.74, 6) is 0.612. The van der Waals surface area contributed by atoms with E-state index in [2.05, 4.69) is 35.8 Å². The molecule has 1 aromatic carbocycles. The Labute approximate surface area is 164 Å². The largest absolute Gasteiger partial charge is 0.351 e. The number of nitrogens with one attached hydrogen (secondary N) is 2. The second-order valence-electron chi connectivity index (χ2n) is 8.20. The summed E-state index contributed by atoms with van der Waals surface area (Å²) in [6.45, 7) is 7.27. The van der Waals surface area contributed by atoms with Crippen LogP contribution in [0, 0.1) is 5.41 Å². The quantitative estimate of drug-likeness (QED) is 0.718. The Morgan fingerprint density at radius 3 is 2.64 bits per heavy atom. The van der Waals surface area contributed by atoms with Gasteiger partial charge < -0.3 is 10.2 Å². The maximum atomic E-state index is 13.2. The fraction of sp³-hybridized carbons (Fsp3) is 0.300. The highest BCUT2D eigenvalue weighted by molar-refractivity contribution is 7.89. The average molecular weight is 398 g/mol. The van der Waals surface area contributed by atoms with Crippen LogP contribution in [-0.4, -0.2) is 32.3 Å². The first kappa shape index (κ1) is 18.5. The molecule has 0 amide bonds. The van der Waals surface area contributed by atoms with Crippen molar-refractivity contribution in [2.45, 2.75) is 25.7 Å². The SMILES string of the molecule is CC(C)(C)CN1CC(=C2Nc3ccccc3S(=O)(=O)N2)C(=O)c2cccnc21. The van der Waals surface area contributed by atoms with Gasteiger partial charge in [-0.05, 0) is 29.7 Å². The Hall–Kier alpha value is -2.87. The van der Waals surface area contributed by atoms with Crippen molar-refractivity contribution in [3.63, 3.8) is 0 Å². The molecule has 0 radical (unpaired) electrons. The zero-order valence-electron chi connectivity index (χ0n) is 16.0. The number of aromatic nitrogens is 1. The van der Waals surface area contributed by atoms with E-state index < -0.39 is 10.0 Å². The number of carbonyl (C=O) groups excluding carboxylic acids is 1. The molecule has 0 bridgehead atoms. The van der Waals surface area contributed by atoms with E-state index in [9.17, 15) is 13.2 Å². The van der Waals surface area contributed by atoms with Crippen molar-refractivity contribution in [3.8, 4) is 0 Å².